The Morgan fingerprint density at radius 3 is 2.24 bits per heavy atom. The smallest absolute Gasteiger partial charge is 0.328 e. The molecule has 0 aromatic heterocycles. The summed E-state index contributed by atoms with van der Waals surface area (Å²) in [5.41, 5.74) is 5.90. The molecule has 1 aromatic carbocycles. The lowest BCUT2D eigenvalue weighted by Crippen LogP contribution is -2.42. The summed E-state index contributed by atoms with van der Waals surface area (Å²) in [4.78, 5) is 11.3. The Labute approximate surface area is 100 Å². The van der Waals surface area contributed by atoms with E-state index in [2.05, 4.69) is 5.32 Å². The number of amides is 2. The predicted octanol–water partition coefficient (Wildman–Crippen LogP) is 0.665. The summed E-state index contributed by atoms with van der Waals surface area (Å²) in [6.45, 7) is 3.46. The van der Waals surface area contributed by atoms with Crippen LogP contribution in [-0.4, -0.2) is 20.5 Å². The number of hydrogen-bond acceptors (Lipinski definition) is 4. The summed E-state index contributed by atoms with van der Waals surface area (Å²) in [6.07, 6.45) is 0. The van der Waals surface area contributed by atoms with Crippen LogP contribution in [0.4, 0.5) is 10.5 Å². The monoisotopic (exact) mass is 257 g/mol. The van der Waals surface area contributed by atoms with Crippen molar-refractivity contribution in [3.8, 4) is 0 Å². The topological polar surface area (TPSA) is 101 Å². The summed E-state index contributed by atoms with van der Waals surface area (Å²) in [5, 5.41) is 2.43. The molecule has 17 heavy (non-hydrogen) atoms. The summed E-state index contributed by atoms with van der Waals surface area (Å²) < 4.78 is 25.3. The minimum Gasteiger partial charge on any atom is -0.399 e. The van der Waals surface area contributed by atoms with Gasteiger partial charge in [-0.25, -0.2) is 17.9 Å². The van der Waals surface area contributed by atoms with Gasteiger partial charge in [0, 0.05) is 11.7 Å². The molecule has 0 aliphatic carbocycles. The fourth-order valence-electron chi connectivity index (χ4n) is 1.12. The number of carbonyl (C=O) groups is 1. The highest BCUT2D eigenvalue weighted by atomic mass is 32.2. The first kappa shape index (κ1) is 13.3. The quantitative estimate of drug-likeness (QED) is 0.692. The number of sulfonamides is 1. The van der Waals surface area contributed by atoms with E-state index in [0.29, 0.717) is 5.69 Å². The van der Waals surface area contributed by atoms with E-state index in [1.54, 1.807) is 13.8 Å². The van der Waals surface area contributed by atoms with E-state index in [1.165, 1.54) is 24.3 Å². The molecule has 4 N–H and O–H groups in total. The molecule has 0 fully saturated rings. The van der Waals surface area contributed by atoms with E-state index >= 15 is 0 Å². The van der Waals surface area contributed by atoms with Gasteiger partial charge < -0.3 is 11.1 Å². The lowest BCUT2D eigenvalue weighted by atomic mass is 10.3. The van der Waals surface area contributed by atoms with Crippen molar-refractivity contribution in [1.82, 2.24) is 10.0 Å². The number of anilines is 1. The zero-order valence-electron chi connectivity index (χ0n) is 9.60. The summed E-state index contributed by atoms with van der Waals surface area (Å²) in [5.74, 6) is 0. The molecule has 0 aliphatic heterocycles. The Morgan fingerprint density at radius 1 is 1.24 bits per heavy atom. The number of nitrogen functional groups attached to an aromatic ring is 1. The molecule has 94 valence electrons. The lowest BCUT2D eigenvalue weighted by molar-refractivity contribution is 0.243. The van der Waals surface area contributed by atoms with E-state index < -0.39 is 16.1 Å². The number of nitrogens with one attached hydrogen (secondary N) is 2. The number of carbonyl (C=O) groups excluding carboxylic acids is 1. The van der Waals surface area contributed by atoms with Crippen LogP contribution in [0.15, 0.2) is 29.2 Å². The van der Waals surface area contributed by atoms with Crippen molar-refractivity contribution in [3.63, 3.8) is 0 Å². The second-order valence-electron chi connectivity index (χ2n) is 3.80. The Morgan fingerprint density at radius 2 is 1.76 bits per heavy atom. The van der Waals surface area contributed by atoms with Crippen LogP contribution >= 0.6 is 0 Å². The van der Waals surface area contributed by atoms with Gasteiger partial charge in [0.1, 0.15) is 0 Å². The van der Waals surface area contributed by atoms with E-state index in [-0.39, 0.29) is 10.9 Å². The van der Waals surface area contributed by atoms with E-state index in [4.69, 9.17) is 5.73 Å². The zero-order valence-corrected chi connectivity index (χ0v) is 10.4. The van der Waals surface area contributed by atoms with Gasteiger partial charge >= 0.3 is 6.03 Å². The van der Waals surface area contributed by atoms with Gasteiger partial charge in [0.25, 0.3) is 10.0 Å². The molecule has 0 radical (unpaired) electrons. The molecule has 0 saturated heterocycles. The van der Waals surface area contributed by atoms with Gasteiger partial charge in [-0.2, -0.15) is 0 Å². The first-order chi connectivity index (χ1) is 7.81. The maximum Gasteiger partial charge on any atom is 0.328 e. The maximum atomic E-state index is 11.7. The van der Waals surface area contributed by atoms with Gasteiger partial charge in [0.05, 0.1) is 4.90 Å². The second kappa shape index (κ2) is 5.05. The highest BCUT2D eigenvalue weighted by molar-refractivity contribution is 7.90. The minimum absolute atomic E-state index is 0.00870. The molecule has 2 amide bonds. The summed E-state index contributed by atoms with van der Waals surface area (Å²) in [7, 11) is -3.84. The fraction of sp³-hybridized carbons (Fsp3) is 0.300. The van der Waals surface area contributed by atoms with Crippen molar-refractivity contribution >= 4 is 21.7 Å². The first-order valence-corrected chi connectivity index (χ1v) is 6.48. The van der Waals surface area contributed by atoms with Crippen molar-refractivity contribution in [3.05, 3.63) is 24.3 Å². The average molecular weight is 257 g/mol. The summed E-state index contributed by atoms with van der Waals surface area (Å²) in [6, 6.07) is 4.68. The van der Waals surface area contributed by atoms with E-state index in [9.17, 15) is 13.2 Å². The van der Waals surface area contributed by atoms with Crippen LogP contribution in [-0.2, 0) is 10.0 Å². The normalized spacial score (nSPS) is 11.2. The molecule has 1 rings (SSSR count). The van der Waals surface area contributed by atoms with Gasteiger partial charge in [-0.1, -0.05) is 0 Å². The SMILES string of the molecule is CC(C)NC(=O)NS(=O)(=O)c1ccc(N)cc1. The fourth-order valence-corrected chi connectivity index (χ4v) is 2.03. The molecular weight excluding hydrogens is 242 g/mol. The zero-order chi connectivity index (χ0) is 13.1. The predicted molar refractivity (Wildman–Crippen MR) is 64.8 cm³/mol. The average Bonchev–Trinajstić information content (AvgIpc) is 2.15. The van der Waals surface area contributed by atoms with Crippen molar-refractivity contribution < 1.29 is 13.2 Å². The first-order valence-electron chi connectivity index (χ1n) is 5.00. The van der Waals surface area contributed by atoms with Gasteiger partial charge in [-0.15, -0.1) is 0 Å². The third kappa shape index (κ3) is 3.95. The molecule has 0 aliphatic rings. The number of urea groups is 1. The van der Waals surface area contributed by atoms with Crippen LogP contribution in [0.5, 0.6) is 0 Å². The second-order valence-corrected chi connectivity index (χ2v) is 5.49. The van der Waals surface area contributed by atoms with Crippen molar-refractivity contribution in [1.29, 1.82) is 0 Å². The molecule has 7 heteroatoms. The number of benzene rings is 1. The lowest BCUT2D eigenvalue weighted by Gasteiger charge is -2.10. The van der Waals surface area contributed by atoms with Crippen LogP contribution < -0.4 is 15.8 Å². The molecule has 0 bridgehead atoms. The van der Waals surface area contributed by atoms with Gasteiger partial charge in [-0.05, 0) is 38.1 Å². The maximum absolute atomic E-state index is 11.7. The molecule has 0 heterocycles. The Bertz CT molecular complexity index is 494. The third-order valence-corrected chi connectivity index (χ3v) is 3.18. The van der Waals surface area contributed by atoms with Crippen molar-refractivity contribution in [2.45, 2.75) is 24.8 Å². The highest BCUT2D eigenvalue weighted by Gasteiger charge is 2.17. The Balaban J connectivity index is 2.82. The number of nitrogens with two attached hydrogens (primary N) is 1. The molecular formula is C10H15N3O3S. The van der Waals surface area contributed by atoms with Crippen LogP contribution in [0, 0.1) is 0 Å². The molecule has 1 aromatic rings. The van der Waals surface area contributed by atoms with Crippen molar-refractivity contribution in [2.75, 3.05) is 5.73 Å². The standard InChI is InChI=1S/C10H15N3O3S/c1-7(2)12-10(14)13-17(15,16)9-5-3-8(11)4-6-9/h3-7H,11H2,1-2H3,(H2,12,13,14). The van der Waals surface area contributed by atoms with E-state index in [1.807, 2.05) is 4.72 Å². The van der Waals surface area contributed by atoms with Crippen LogP contribution in [0.25, 0.3) is 0 Å². The third-order valence-electron chi connectivity index (χ3n) is 1.84. The summed E-state index contributed by atoms with van der Waals surface area (Å²) >= 11 is 0. The van der Waals surface area contributed by atoms with Crippen LogP contribution in [0.2, 0.25) is 0 Å². The van der Waals surface area contributed by atoms with Gasteiger partial charge in [0.15, 0.2) is 0 Å². The molecule has 0 saturated carbocycles. The molecule has 0 atom stereocenters. The molecule has 0 spiro atoms. The van der Waals surface area contributed by atoms with Crippen molar-refractivity contribution in [2.24, 2.45) is 0 Å². The largest absolute Gasteiger partial charge is 0.399 e. The van der Waals surface area contributed by atoms with Gasteiger partial charge in [0.2, 0.25) is 0 Å². The van der Waals surface area contributed by atoms with Crippen LogP contribution in [0.1, 0.15) is 13.8 Å². The number of hydrogen-bond donors (Lipinski definition) is 3. The van der Waals surface area contributed by atoms with E-state index in [0.717, 1.165) is 0 Å². The Hall–Kier alpha value is -1.76. The van der Waals surface area contributed by atoms with Crippen LogP contribution in [0.3, 0.4) is 0 Å². The number of rotatable bonds is 3. The highest BCUT2D eigenvalue weighted by Crippen LogP contribution is 2.11. The van der Waals surface area contributed by atoms with Gasteiger partial charge in [-0.3, -0.25) is 0 Å². The minimum atomic E-state index is -3.84. The molecule has 6 nitrogen and oxygen atoms in total. The Kier molecular flexibility index (Phi) is 3.95. The molecule has 0 unspecified atom stereocenters.